The number of nitrogens with two attached hydrogens (primary N) is 1. The predicted octanol–water partition coefficient (Wildman–Crippen LogP) is 3.19. The molecule has 3 rings (SSSR count). The Hall–Kier alpha value is -2.85. The number of quaternary nitrogens is 1. The van der Waals surface area contributed by atoms with E-state index in [2.05, 4.69) is 83.9 Å². The highest BCUT2D eigenvalue weighted by Gasteiger charge is 2.16. The number of amides is 1. The van der Waals surface area contributed by atoms with Crippen LogP contribution in [0.25, 0.3) is 10.8 Å². The molecule has 0 saturated heterocycles. The molecule has 1 amide bonds. The van der Waals surface area contributed by atoms with E-state index in [-0.39, 0.29) is 11.9 Å². The second-order valence-corrected chi connectivity index (χ2v) is 7.61. The first-order valence-corrected chi connectivity index (χ1v) is 9.77. The van der Waals surface area contributed by atoms with Gasteiger partial charge in [0.05, 0.1) is 0 Å². The normalized spacial score (nSPS) is 12.0. The Kier molecular flexibility index (Phi) is 6.32. The molecular formula is C24H30N3O+. The third-order valence-electron chi connectivity index (χ3n) is 5.26. The Balaban J connectivity index is 1.58. The van der Waals surface area contributed by atoms with Crippen LogP contribution in [0.1, 0.15) is 24.1 Å². The summed E-state index contributed by atoms with van der Waals surface area (Å²) in [6.07, 6.45) is 0. The van der Waals surface area contributed by atoms with E-state index in [4.69, 9.17) is 0 Å². The molecule has 4 heteroatoms. The lowest BCUT2D eigenvalue weighted by Crippen LogP contribution is -2.87. The van der Waals surface area contributed by atoms with Crippen molar-refractivity contribution in [3.63, 3.8) is 0 Å². The molecule has 0 aliphatic carbocycles. The van der Waals surface area contributed by atoms with Crippen LogP contribution in [0.3, 0.4) is 0 Å². The molecule has 0 spiro atoms. The zero-order chi connectivity index (χ0) is 20.1. The second-order valence-electron chi connectivity index (χ2n) is 7.61. The van der Waals surface area contributed by atoms with Crippen LogP contribution in [0, 0.1) is 0 Å². The number of nitrogens with zero attached hydrogens (tertiary/aromatic N) is 2. The number of benzene rings is 3. The summed E-state index contributed by atoms with van der Waals surface area (Å²) in [5.74, 6) is 0.142. The van der Waals surface area contributed by atoms with E-state index in [0.29, 0.717) is 13.1 Å². The van der Waals surface area contributed by atoms with Crippen LogP contribution in [-0.4, -0.2) is 38.5 Å². The fraction of sp³-hybridized carbons (Fsp3) is 0.292. The van der Waals surface area contributed by atoms with E-state index in [1.165, 1.54) is 16.3 Å². The van der Waals surface area contributed by atoms with Crippen molar-refractivity contribution in [1.82, 2.24) is 4.90 Å². The highest BCUT2D eigenvalue weighted by atomic mass is 16.2. The molecule has 0 bridgehead atoms. The Morgan fingerprint density at radius 3 is 2.32 bits per heavy atom. The highest BCUT2D eigenvalue weighted by molar-refractivity contribution is 5.86. The fourth-order valence-electron chi connectivity index (χ4n) is 3.47. The van der Waals surface area contributed by atoms with Gasteiger partial charge in [-0.15, -0.1) is 0 Å². The molecule has 1 atom stereocenters. The molecule has 0 unspecified atom stereocenters. The Morgan fingerprint density at radius 1 is 0.929 bits per heavy atom. The average Bonchev–Trinajstić information content (AvgIpc) is 2.71. The number of anilines is 1. The van der Waals surface area contributed by atoms with Crippen molar-refractivity contribution in [1.29, 1.82) is 0 Å². The van der Waals surface area contributed by atoms with Gasteiger partial charge in [-0.1, -0.05) is 54.6 Å². The van der Waals surface area contributed by atoms with Gasteiger partial charge in [0.2, 0.25) is 0 Å². The summed E-state index contributed by atoms with van der Waals surface area (Å²) in [7, 11) is 5.92. The Bertz CT molecular complexity index is 929. The van der Waals surface area contributed by atoms with Gasteiger partial charge in [-0.3, -0.25) is 4.79 Å². The molecule has 28 heavy (non-hydrogen) atoms. The van der Waals surface area contributed by atoms with Crippen molar-refractivity contribution in [2.24, 2.45) is 0 Å². The van der Waals surface area contributed by atoms with E-state index < -0.39 is 0 Å². The summed E-state index contributed by atoms with van der Waals surface area (Å²) in [5.41, 5.74) is 3.58. The van der Waals surface area contributed by atoms with Crippen LogP contribution < -0.4 is 10.2 Å². The molecular weight excluding hydrogens is 346 g/mol. The molecule has 0 radical (unpaired) electrons. The first-order valence-electron chi connectivity index (χ1n) is 9.77. The average molecular weight is 377 g/mol. The first kappa shape index (κ1) is 19.9. The quantitative estimate of drug-likeness (QED) is 0.688. The maximum atomic E-state index is 12.6. The van der Waals surface area contributed by atoms with Crippen molar-refractivity contribution in [2.75, 3.05) is 32.6 Å². The van der Waals surface area contributed by atoms with Crippen LogP contribution >= 0.6 is 0 Å². The van der Waals surface area contributed by atoms with Gasteiger partial charge in [-0.05, 0) is 35.4 Å². The Labute approximate surface area is 167 Å². The molecule has 3 aromatic carbocycles. The van der Waals surface area contributed by atoms with E-state index in [1.54, 1.807) is 4.90 Å². The maximum Gasteiger partial charge on any atom is 0.277 e. The molecule has 2 N–H and O–H groups in total. The molecule has 146 valence electrons. The van der Waals surface area contributed by atoms with Crippen molar-refractivity contribution < 1.29 is 10.1 Å². The molecule has 4 nitrogen and oxygen atoms in total. The number of hydrogen-bond acceptors (Lipinski definition) is 2. The summed E-state index contributed by atoms with van der Waals surface area (Å²) in [5, 5.41) is 4.62. The number of likely N-dealkylation sites (N-methyl/N-ethyl adjacent to an activating group) is 1. The zero-order valence-corrected chi connectivity index (χ0v) is 17.2. The summed E-state index contributed by atoms with van der Waals surface area (Å²) < 4.78 is 0. The van der Waals surface area contributed by atoms with Crippen molar-refractivity contribution in [3.8, 4) is 0 Å². The topological polar surface area (TPSA) is 40.2 Å². The van der Waals surface area contributed by atoms with E-state index >= 15 is 0 Å². The van der Waals surface area contributed by atoms with Gasteiger partial charge in [0.25, 0.3) is 5.91 Å². The molecule has 0 aliphatic rings. The number of carbonyl (C=O) groups is 1. The largest absolute Gasteiger partial charge is 0.378 e. The van der Waals surface area contributed by atoms with Crippen molar-refractivity contribution >= 4 is 22.4 Å². The third-order valence-corrected chi connectivity index (χ3v) is 5.26. The lowest BCUT2D eigenvalue weighted by atomic mass is 10.00. The van der Waals surface area contributed by atoms with E-state index in [1.807, 2.05) is 21.1 Å². The summed E-state index contributed by atoms with van der Waals surface area (Å²) in [4.78, 5) is 16.5. The minimum Gasteiger partial charge on any atom is -0.378 e. The van der Waals surface area contributed by atoms with Gasteiger partial charge >= 0.3 is 0 Å². The SMILES string of the molecule is C[C@@H]([NH2+]CC(=O)N(C)Cc1ccc(N(C)C)cc1)c1cccc2ccccc12. The lowest BCUT2D eigenvalue weighted by molar-refractivity contribution is -0.682. The maximum absolute atomic E-state index is 12.6. The molecule has 0 heterocycles. The predicted molar refractivity (Wildman–Crippen MR) is 116 cm³/mol. The molecule has 3 aromatic rings. The van der Waals surface area contributed by atoms with Gasteiger partial charge in [0.15, 0.2) is 6.54 Å². The summed E-state index contributed by atoms with van der Waals surface area (Å²) in [6, 6.07) is 23.4. The monoisotopic (exact) mass is 376 g/mol. The fourth-order valence-corrected chi connectivity index (χ4v) is 3.47. The minimum absolute atomic E-state index is 0.142. The number of hydrogen-bond donors (Lipinski definition) is 1. The van der Waals surface area contributed by atoms with Gasteiger partial charge in [0.1, 0.15) is 6.04 Å². The number of rotatable bonds is 7. The summed E-state index contributed by atoms with van der Waals surface area (Å²) in [6.45, 7) is 3.23. The van der Waals surface area contributed by atoms with Gasteiger partial charge in [0, 0.05) is 38.9 Å². The van der Waals surface area contributed by atoms with Gasteiger partial charge in [-0.25, -0.2) is 0 Å². The molecule has 0 fully saturated rings. The molecule has 0 aliphatic heterocycles. The van der Waals surface area contributed by atoms with Gasteiger partial charge in [-0.2, -0.15) is 0 Å². The van der Waals surface area contributed by atoms with Crippen molar-refractivity contribution in [3.05, 3.63) is 77.9 Å². The number of carbonyl (C=O) groups excluding carboxylic acids is 1. The van der Waals surface area contributed by atoms with E-state index in [0.717, 1.165) is 11.3 Å². The minimum atomic E-state index is 0.142. The third kappa shape index (κ3) is 4.70. The smallest absolute Gasteiger partial charge is 0.277 e. The van der Waals surface area contributed by atoms with Crippen molar-refractivity contribution in [2.45, 2.75) is 19.5 Å². The standard InChI is InChI=1S/C24H29N3O/c1-18(22-11-7-9-20-8-5-6-10-23(20)22)25-16-24(28)27(4)17-19-12-14-21(15-13-19)26(2)3/h5-15,18,25H,16-17H2,1-4H3/p+1/t18-/m1/s1. The number of fused-ring (bicyclic) bond motifs is 1. The Morgan fingerprint density at radius 2 is 1.61 bits per heavy atom. The second kappa shape index (κ2) is 8.89. The van der Waals surface area contributed by atoms with Crippen LogP contribution in [-0.2, 0) is 11.3 Å². The summed E-state index contributed by atoms with van der Waals surface area (Å²) >= 11 is 0. The lowest BCUT2D eigenvalue weighted by Gasteiger charge is -2.19. The molecule has 0 saturated carbocycles. The van der Waals surface area contributed by atoms with Crippen LogP contribution in [0.4, 0.5) is 5.69 Å². The van der Waals surface area contributed by atoms with Crippen LogP contribution in [0.2, 0.25) is 0 Å². The molecule has 0 aromatic heterocycles. The first-order chi connectivity index (χ1) is 13.5. The van der Waals surface area contributed by atoms with E-state index in [9.17, 15) is 4.79 Å². The van der Waals surface area contributed by atoms with Crippen LogP contribution in [0.5, 0.6) is 0 Å². The zero-order valence-electron chi connectivity index (χ0n) is 17.2. The van der Waals surface area contributed by atoms with Crippen LogP contribution in [0.15, 0.2) is 66.7 Å². The highest BCUT2D eigenvalue weighted by Crippen LogP contribution is 2.22. The van der Waals surface area contributed by atoms with Gasteiger partial charge < -0.3 is 15.1 Å².